The van der Waals surface area contributed by atoms with E-state index in [1.165, 1.54) is 60.4 Å². The third-order valence-corrected chi connectivity index (χ3v) is 5.36. The zero-order chi connectivity index (χ0) is 18.9. The molecule has 0 aliphatic heterocycles. The molecule has 0 spiro atoms. The summed E-state index contributed by atoms with van der Waals surface area (Å²) in [6, 6.07) is 13.0. The van der Waals surface area contributed by atoms with Gasteiger partial charge in [-0.1, -0.05) is 88.8 Å². The van der Waals surface area contributed by atoms with Crippen molar-refractivity contribution in [1.82, 2.24) is 0 Å². The van der Waals surface area contributed by atoms with Crippen LogP contribution in [0.25, 0.3) is 16.8 Å². The van der Waals surface area contributed by atoms with Crippen LogP contribution >= 0.6 is 0 Å². The van der Waals surface area contributed by atoms with Gasteiger partial charge < -0.3 is 9.47 Å². The Balaban J connectivity index is 1.75. The number of benzene rings is 2. The van der Waals surface area contributed by atoms with E-state index in [-0.39, 0.29) is 6.10 Å². The first-order valence-corrected chi connectivity index (χ1v) is 10.8. The average Bonchev–Trinajstić information content (AvgIpc) is 2.69. The molecule has 3 rings (SSSR count). The molecule has 2 heteroatoms. The van der Waals surface area contributed by atoms with Crippen LogP contribution in [0.15, 0.2) is 42.2 Å². The van der Waals surface area contributed by atoms with Crippen molar-refractivity contribution in [3.8, 4) is 0 Å². The molecule has 1 aliphatic carbocycles. The summed E-state index contributed by atoms with van der Waals surface area (Å²) >= 11 is 0. The van der Waals surface area contributed by atoms with Gasteiger partial charge >= 0.3 is 0 Å². The minimum Gasteiger partial charge on any atom is -0.495 e. The number of ether oxygens (including phenoxy) is 2. The Morgan fingerprint density at radius 2 is 1.48 bits per heavy atom. The molecule has 0 fully saturated rings. The number of hydrogen-bond donors (Lipinski definition) is 0. The lowest BCUT2D eigenvalue weighted by molar-refractivity contribution is 0.0274. The minimum absolute atomic E-state index is 0.0728. The largest absolute Gasteiger partial charge is 0.495 e. The lowest BCUT2D eigenvalue weighted by atomic mass is 9.90. The summed E-state index contributed by atoms with van der Waals surface area (Å²) in [5.74, 6) is 0.980. The van der Waals surface area contributed by atoms with Gasteiger partial charge in [-0.25, -0.2) is 0 Å². The van der Waals surface area contributed by atoms with Crippen LogP contribution in [-0.2, 0) is 9.47 Å². The predicted octanol–water partition coefficient (Wildman–Crippen LogP) is 7.43. The molecule has 1 unspecified atom stereocenters. The van der Waals surface area contributed by atoms with Gasteiger partial charge in [0.05, 0.1) is 6.61 Å². The van der Waals surface area contributed by atoms with Crippen LogP contribution in [0.1, 0.15) is 82.4 Å². The molecule has 27 heavy (non-hydrogen) atoms. The van der Waals surface area contributed by atoms with Crippen molar-refractivity contribution in [3.05, 3.63) is 53.3 Å². The fourth-order valence-electron chi connectivity index (χ4n) is 3.86. The maximum atomic E-state index is 6.37. The molecule has 0 amide bonds. The van der Waals surface area contributed by atoms with E-state index in [0.717, 1.165) is 31.8 Å². The third kappa shape index (κ3) is 5.13. The Hall–Kier alpha value is -1.80. The van der Waals surface area contributed by atoms with Gasteiger partial charge in [-0.3, -0.25) is 0 Å². The normalized spacial score (nSPS) is 15.8. The lowest BCUT2D eigenvalue weighted by Gasteiger charge is -2.27. The Morgan fingerprint density at radius 1 is 0.778 bits per heavy atom. The molecule has 1 atom stereocenters. The van der Waals surface area contributed by atoms with E-state index in [0.29, 0.717) is 0 Å². The Bertz CT molecular complexity index is 742. The van der Waals surface area contributed by atoms with Crippen LogP contribution in [0, 0.1) is 0 Å². The lowest BCUT2D eigenvalue weighted by Crippen LogP contribution is -2.15. The molecule has 0 heterocycles. The van der Waals surface area contributed by atoms with Crippen molar-refractivity contribution in [2.45, 2.75) is 71.3 Å². The summed E-state index contributed by atoms with van der Waals surface area (Å²) in [5, 5.41) is 2.60. The van der Waals surface area contributed by atoms with E-state index in [4.69, 9.17) is 9.47 Å². The summed E-state index contributed by atoms with van der Waals surface area (Å²) in [6.07, 6.45) is 11.9. The van der Waals surface area contributed by atoms with Crippen LogP contribution < -0.4 is 0 Å². The number of rotatable bonds is 12. The Kier molecular flexibility index (Phi) is 7.77. The highest BCUT2D eigenvalue weighted by atomic mass is 16.5. The van der Waals surface area contributed by atoms with E-state index in [1.807, 2.05) is 0 Å². The second kappa shape index (κ2) is 10.5. The molecule has 0 saturated carbocycles. The van der Waals surface area contributed by atoms with Gasteiger partial charge in [-0.2, -0.15) is 0 Å². The molecule has 0 N–H and O–H groups in total. The Morgan fingerprint density at radius 3 is 2.22 bits per heavy atom. The number of hydrogen-bond acceptors (Lipinski definition) is 2. The zero-order valence-corrected chi connectivity index (χ0v) is 17.0. The van der Waals surface area contributed by atoms with Crippen molar-refractivity contribution < 1.29 is 9.47 Å². The molecule has 2 aromatic carbocycles. The van der Waals surface area contributed by atoms with Crippen LogP contribution in [0.4, 0.5) is 0 Å². The summed E-state index contributed by atoms with van der Waals surface area (Å²) in [4.78, 5) is 0. The molecular weight excluding hydrogens is 332 g/mol. The SMILES string of the molecule is CCCCCCOC1=Cc2cccc3cccc(c23)C1OCCCCCC. The molecule has 0 aromatic heterocycles. The summed E-state index contributed by atoms with van der Waals surface area (Å²) in [6.45, 7) is 6.05. The molecule has 2 nitrogen and oxygen atoms in total. The van der Waals surface area contributed by atoms with Gasteiger partial charge in [-0.15, -0.1) is 0 Å². The average molecular weight is 367 g/mol. The van der Waals surface area contributed by atoms with Crippen molar-refractivity contribution >= 4 is 16.8 Å². The fraction of sp³-hybridized carbons (Fsp3) is 0.520. The first kappa shape index (κ1) is 19.9. The van der Waals surface area contributed by atoms with Gasteiger partial charge in [0, 0.05) is 6.61 Å². The van der Waals surface area contributed by atoms with Gasteiger partial charge in [0.25, 0.3) is 0 Å². The first-order valence-electron chi connectivity index (χ1n) is 10.8. The van der Waals surface area contributed by atoms with Crippen LogP contribution in [0.2, 0.25) is 0 Å². The van der Waals surface area contributed by atoms with Crippen molar-refractivity contribution in [3.63, 3.8) is 0 Å². The third-order valence-electron chi connectivity index (χ3n) is 5.36. The standard InChI is InChI=1S/C25H34O2/c1-3-5-7-9-17-26-23-19-21-15-11-13-20-14-12-16-22(24(20)21)25(23)27-18-10-8-6-4-2/h11-16,19,25H,3-10,17-18H2,1-2H3. The van der Waals surface area contributed by atoms with Crippen molar-refractivity contribution in [1.29, 1.82) is 0 Å². The molecule has 0 bridgehead atoms. The van der Waals surface area contributed by atoms with Gasteiger partial charge in [0.15, 0.2) is 0 Å². The molecule has 1 aliphatic rings. The molecule has 2 aromatic rings. The highest BCUT2D eigenvalue weighted by Crippen LogP contribution is 2.40. The van der Waals surface area contributed by atoms with Gasteiger partial charge in [0.1, 0.15) is 11.9 Å². The van der Waals surface area contributed by atoms with Gasteiger partial charge in [-0.05, 0) is 40.8 Å². The zero-order valence-electron chi connectivity index (χ0n) is 17.0. The monoisotopic (exact) mass is 366 g/mol. The second-order valence-corrected chi connectivity index (χ2v) is 7.56. The summed E-state index contributed by atoms with van der Waals surface area (Å²) < 4.78 is 12.6. The van der Waals surface area contributed by atoms with E-state index in [2.05, 4.69) is 56.3 Å². The van der Waals surface area contributed by atoms with Crippen molar-refractivity contribution in [2.24, 2.45) is 0 Å². The topological polar surface area (TPSA) is 18.5 Å². The van der Waals surface area contributed by atoms with Gasteiger partial charge in [0.2, 0.25) is 0 Å². The molecular formula is C25H34O2. The predicted molar refractivity (Wildman–Crippen MR) is 115 cm³/mol. The summed E-state index contributed by atoms with van der Waals surface area (Å²) in [5.41, 5.74) is 2.50. The van der Waals surface area contributed by atoms with E-state index in [1.54, 1.807) is 0 Å². The van der Waals surface area contributed by atoms with E-state index in [9.17, 15) is 0 Å². The first-order chi connectivity index (χ1) is 13.3. The van der Waals surface area contributed by atoms with E-state index >= 15 is 0 Å². The van der Waals surface area contributed by atoms with E-state index < -0.39 is 0 Å². The smallest absolute Gasteiger partial charge is 0.140 e. The van der Waals surface area contributed by atoms with Crippen molar-refractivity contribution in [2.75, 3.05) is 13.2 Å². The van der Waals surface area contributed by atoms with Crippen LogP contribution in [-0.4, -0.2) is 13.2 Å². The van der Waals surface area contributed by atoms with Crippen LogP contribution in [0.5, 0.6) is 0 Å². The number of unbranched alkanes of at least 4 members (excludes halogenated alkanes) is 6. The maximum absolute atomic E-state index is 6.37. The maximum Gasteiger partial charge on any atom is 0.140 e. The quantitative estimate of drug-likeness (QED) is 0.364. The second-order valence-electron chi connectivity index (χ2n) is 7.56. The molecule has 0 radical (unpaired) electrons. The minimum atomic E-state index is -0.0728. The van der Waals surface area contributed by atoms with Crippen LogP contribution in [0.3, 0.4) is 0 Å². The Labute approximate surface area is 164 Å². The highest BCUT2D eigenvalue weighted by molar-refractivity contribution is 5.95. The fourth-order valence-corrected chi connectivity index (χ4v) is 3.86. The molecule has 146 valence electrons. The highest BCUT2D eigenvalue weighted by Gasteiger charge is 2.26. The molecule has 0 saturated heterocycles. The summed E-state index contributed by atoms with van der Waals surface area (Å²) in [7, 11) is 0.